The number of nitrogens with one attached hydrogen (secondary N) is 1. The van der Waals surface area contributed by atoms with Crippen LogP contribution in [0.2, 0.25) is 5.02 Å². The summed E-state index contributed by atoms with van der Waals surface area (Å²) in [7, 11) is 1.73. The van der Waals surface area contributed by atoms with Crippen LogP contribution in [0.1, 0.15) is 25.3 Å². The summed E-state index contributed by atoms with van der Waals surface area (Å²) in [5.74, 6) is 1.33. The Morgan fingerprint density at radius 1 is 1.32 bits per heavy atom. The van der Waals surface area contributed by atoms with E-state index in [-0.39, 0.29) is 5.56 Å². The van der Waals surface area contributed by atoms with E-state index in [9.17, 15) is 4.79 Å². The maximum Gasteiger partial charge on any atom is 0.261 e. The van der Waals surface area contributed by atoms with E-state index < -0.39 is 0 Å². The molecule has 5 nitrogen and oxygen atoms in total. The molecule has 0 saturated carbocycles. The molecule has 3 aromatic rings. The second kappa shape index (κ2) is 7.23. The number of aromatic nitrogens is 3. The van der Waals surface area contributed by atoms with E-state index in [1.807, 2.05) is 25.1 Å². The van der Waals surface area contributed by atoms with Gasteiger partial charge >= 0.3 is 0 Å². The second-order valence-electron chi connectivity index (χ2n) is 6.10. The Bertz CT molecular complexity index is 981. The van der Waals surface area contributed by atoms with E-state index in [1.165, 1.54) is 0 Å². The molecule has 2 aromatic heterocycles. The SMILES string of the molecule is CCCCNc1ncccc1-c1nc2c(C)cc(Cl)cc2c(=O)n1C. The number of aryl methyl sites for hydroxylation is 1. The largest absolute Gasteiger partial charge is 0.369 e. The molecule has 0 atom stereocenters. The minimum Gasteiger partial charge on any atom is -0.369 e. The van der Waals surface area contributed by atoms with E-state index in [4.69, 9.17) is 16.6 Å². The van der Waals surface area contributed by atoms with Crippen LogP contribution in [0.15, 0.2) is 35.3 Å². The van der Waals surface area contributed by atoms with Gasteiger partial charge in [0.25, 0.3) is 5.56 Å². The van der Waals surface area contributed by atoms with Crippen LogP contribution < -0.4 is 10.9 Å². The van der Waals surface area contributed by atoms with Crippen molar-refractivity contribution in [2.75, 3.05) is 11.9 Å². The van der Waals surface area contributed by atoms with Gasteiger partial charge in [0, 0.05) is 24.8 Å². The second-order valence-corrected chi connectivity index (χ2v) is 6.53. The lowest BCUT2D eigenvalue weighted by atomic mass is 10.1. The molecule has 0 fully saturated rings. The zero-order valence-corrected chi connectivity index (χ0v) is 15.4. The van der Waals surface area contributed by atoms with Gasteiger partial charge in [-0.15, -0.1) is 0 Å². The Balaban J connectivity index is 2.20. The van der Waals surface area contributed by atoms with Crippen molar-refractivity contribution in [3.63, 3.8) is 0 Å². The predicted molar refractivity (Wildman–Crippen MR) is 103 cm³/mol. The van der Waals surface area contributed by atoms with Gasteiger partial charge in [-0.3, -0.25) is 9.36 Å². The third-order valence-corrected chi connectivity index (χ3v) is 4.43. The number of rotatable bonds is 5. The minimum atomic E-state index is -0.117. The Morgan fingerprint density at radius 2 is 2.12 bits per heavy atom. The molecule has 1 N–H and O–H groups in total. The van der Waals surface area contributed by atoms with Crippen molar-refractivity contribution < 1.29 is 0 Å². The fourth-order valence-corrected chi connectivity index (χ4v) is 3.13. The Kier molecular flexibility index (Phi) is 5.04. The number of pyridine rings is 1. The molecule has 1 aromatic carbocycles. The lowest BCUT2D eigenvalue weighted by Crippen LogP contribution is -2.21. The van der Waals surface area contributed by atoms with Gasteiger partial charge < -0.3 is 5.32 Å². The van der Waals surface area contributed by atoms with Crippen molar-refractivity contribution in [3.05, 3.63) is 51.4 Å². The first-order valence-corrected chi connectivity index (χ1v) is 8.77. The smallest absolute Gasteiger partial charge is 0.261 e. The van der Waals surface area contributed by atoms with E-state index >= 15 is 0 Å². The zero-order chi connectivity index (χ0) is 18.0. The van der Waals surface area contributed by atoms with Gasteiger partial charge in [-0.05, 0) is 43.2 Å². The molecule has 0 radical (unpaired) electrons. The Morgan fingerprint density at radius 3 is 2.88 bits per heavy atom. The number of benzene rings is 1. The maximum absolute atomic E-state index is 12.8. The molecule has 0 amide bonds. The topological polar surface area (TPSA) is 59.8 Å². The van der Waals surface area contributed by atoms with Crippen LogP contribution in [-0.2, 0) is 7.05 Å². The minimum absolute atomic E-state index is 0.117. The number of anilines is 1. The van der Waals surface area contributed by atoms with Crippen LogP contribution in [0.5, 0.6) is 0 Å². The van der Waals surface area contributed by atoms with E-state index in [1.54, 1.807) is 23.9 Å². The summed E-state index contributed by atoms with van der Waals surface area (Å²) < 4.78 is 1.56. The van der Waals surface area contributed by atoms with Gasteiger partial charge in [0.1, 0.15) is 11.6 Å². The Hall–Kier alpha value is -2.40. The van der Waals surface area contributed by atoms with E-state index in [0.29, 0.717) is 21.7 Å². The maximum atomic E-state index is 12.8. The van der Waals surface area contributed by atoms with Gasteiger partial charge in [-0.1, -0.05) is 24.9 Å². The number of nitrogens with zero attached hydrogens (tertiary/aromatic N) is 3. The van der Waals surface area contributed by atoms with Crippen LogP contribution in [-0.4, -0.2) is 21.1 Å². The molecule has 0 unspecified atom stereocenters. The monoisotopic (exact) mass is 356 g/mol. The molecule has 0 spiro atoms. The predicted octanol–water partition coefficient (Wildman–Crippen LogP) is 4.17. The first-order valence-electron chi connectivity index (χ1n) is 8.39. The van der Waals surface area contributed by atoms with Crippen LogP contribution in [0.4, 0.5) is 5.82 Å². The van der Waals surface area contributed by atoms with Crippen LogP contribution in [0.25, 0.3) is 22.3 Å². The normalized spacial score (nSPS) is 11.0. The van der Waals surface area contributed by atoms with Crippen molar-refractivity contribution in [1.29, 1.82) is 0 Å². The first-order chi connectivity index (χ1) is 12.0. The third-order valence-electron chi connectivity index (χ3n) is 4.21. The molecule has 130 valence electrons. The molecule has 2 heterocycles. The number of hydrogen-bond donors (Lipinski definition) is 1. The van der Waals surface area contributed by atoms with Gasteiger partial charge in [0.15, 0.2) is 0 Å². The van der Waals surface area contributed by atoms with E-state index in [2.05, 4.69) is 17.2 Å². The number of hydrogen-bond acceptors (Lipinski definition) is 4. The summed E-state index contributed by atoms with van der Waals surface area (Å²) >= 11 is 6.11. The number of fused-ring (bicyclic) bond motifs is 1. The number of unbranched alkanes of at least 4 members (excludes halogenated alkanes) is 1. The van der Waals surface area contributed by atoms with Crippen LogP contribution in [0.3, 0.4) is 0 Å². The molecular weight excluding hydrogens is 336 g/mol. The quantitative estimate of drug-likeness (QED) is 0.697. The standard InChI is InChI=1S/C19H21ClN4O/c1-4-5-8-21-17-14(7-6-9-22-17)18-23-16-12(2)10-13(20)11-15(16)19(25)24(18)3/h6-7,9-11H,4-5,8H2,1-3H3,(H,21,22). The first kappa shape index (κ1) is 17.4. The van der Waals surface area contributed by atoms with Crippen molar-refractivity contribution in [1.82, 2.24) is 14.5 Å². The molecule has 0 aliphatic rings. The van der Waals surface area contributed by atoms with Gasteiger partial charge in [0.05, 0.1) is 16.5 Å². The molecule has 3 rings (SSSR count). The molecule has 0 aliphatic carbocycles. The van der Waals surface area contributed by atoms with Crippen molar-refractivity contribution in [2.24, 2.45) is 7.05 Å². The summed E-state index contributed by atoms with van der Waals surface area (Å²) in [6.07, 6.45) is 3.89. The van der Waals surface area contributed by atoms with Gasteiger partial charge in [0.2, 0.25) is 0 Å². The van der Waals surface area contributed by atoms with Crippen LogP contribution >= 0.6 is 11.6 Å². The van der Waals surface area contributed by atoms with Crippen molar-refractivity contribution in [2.45, 2.75) is 26.7 Å². The third kappa shape index (κ3) is 3.37. The lowest BCUT2D eigenvalue weighted by Gasteiger charge is -2.14. The molecule has 0 saturated heterocycles. The summed E-state index contributed by atoms with van der Waals surface area (Å²) in [5, 5.41) is 4.41. The zero-order valence-electron chi connectivity index (χ0n) is 14.6. The molecule has 0 aliphatic heterocycles. The fourth-order valence-electron chi connectivity index (χ4n) is 2.86. The van der Waals surface area contributed by atoms with E-state index in [0.717, 1.165) is 36.3 Å². The molecular formula is C19H21ClN4O. The lowest BCUT2D eigenvalue weighted by molar-refractivity contribution is 0.828. The summed E-state index contributed by atoms with van der Waals surface area (Å²) in [5.41, 5.74) is 2.25. The summed E-state index contributed by atoms with van der Waals surface area (Å²) in [6.45, 7) is 4.88. The number of halogens is 1. The highest BCUT2D eigenvalue weighted by Gasteiger charge is 2.15. The van der Waals surface area contributed by atoms with Gasteiger partial charge in [-0.25, -0.2) is 9.97 Å². The summed E-state index contributed by atoms with van der Waals surface area (Å²) in [6, 6.07) is 7.28. The molecule has 6 heteroatoms. The summed E-state index contributed by atoms with van der Waals surface area (Å²) in [4.78, 5) is 22.0. The average molecular weight is 357 g/mol. The fraction of sp³-hybridized carbons (Fsp3) is 0.316. The highest BCUT2D eigenvalue weighted by atomic mass is 35.5. The van der Waals surface area contributed by atoms with Crippen molar-refractivity contribution in [3.8, 4) is 11.4 Å². The molecule has 0 bridgehead atoms. The highest BCUT2D eigenvalue weighted by Crippen LogP contribution is 2.26. The highest BCUT2D eigenvalue weighted by molar-refractivity contribution is 6.31. The van der Waals surface area contributed by atoms with Crippen molar-refractivity contribution >= 4 is 28.3 Å². The molecule has 25 heavy (non-hydrogen) atoms. The van der Waals surface area contributed by atoms with Gasteiger partial charge in [-0.2, -0.15) is 0 Å². The Labute approximate surface area is 151 Å². The average Bonchev–Trinajstić information content (AvgIpc) is 2.59. The van der Waals surface area contributed by atoms with Crippen LogP contribution in [0, 0.1) is 6.92 Å².